The fourth-order valence-electron chi connectivity index (χ4n) is 1.22. The van der Waals surface area contributed by atoms with Crippen molar-refractivity contribution in [3.8, 4) is 0 Å². The fraction of sp³-hybridized carbons (Fsp3) is 0.417. The smallest absolute Gasteiger partial charge is 0.168 e. The number of carbonyl (C=O) groups excluding carboxylic acids is 1. The molecule has 0 saturated heterocycles. The SMILES string of the molecule is CCC(C)(C)C(=O)c1ccc(N)c(Cl)c1. The van der Waals surface area contributed by atoms with E-state index in [0.29, 0.717) is 16.3 Å². The van der Waals surface area contributed by atoms with Crippen LogP contribution in [0.15, 0.2) is 18.2 Å². The number of benzene rings is 1. The van der Waals surface area contributed by atoms with E-state index in [-0.39, 0.29) is 11.2 Å². The topological polar surface area (TPSA) is 43.1 Å². The van der Waals surface area contributed by atoms with Crippen molar-refractivity contribution in [2.75, 3.05) is 5.73 Å². The minimum atomic E-state index is -0.348. The Bertz CT molecular complexity index is 385. The van der Waals surface area contributed by atoms with Crippen LogP contribution in [0.3, 0.4) is 0 Å². The summed E-state index contributed by atoms with van der Waals surface area (Å²) in [5.74, 6) is 0.104. The van der Waals surface area contributed by atoms with E-state index >= 15 is 0 Å². The highest BCUT2D eigenvalue weighted by Crippen LogP contribution is 2.28. The number of hydrogen-bond acceptors (Lipinski definition) is 2. The highest BCUT2D eigenvalue weighted by Gasteiger charge is 2.26. The van der Waals surface area contributed by atoms with Crippen molar-refractivity contribution < 1.29 is 4.79 Å². The standard InChI is InChI=1S/C12H16ClNO/c1-4-12(2,3)11(15)8-5-6-10(14)9(13)7-8/h5-7H,4,14H2,1-3H3. The molecule has 82 valence electrons. The van der Waals surface area contributed by atoms with Gasteiger partial charge in [0.2, 0.25) is 0 Å². The minimum absolute atomic E-state index is 0.104. The molecule has 0 fully saturated rings. The van der Waals surface area contributed by atoms with Gasteiger partial charge in [-0.05, 0) is 24.6 Å². The van der Waals surface area contributed by atoms with E-state index in [2.05, 4.69) is 0 Å². The molecule has 0 heterocycles. The van der Waals surface area contributed by atoms with Crippen molar-refractivity contribution in [1.29, 1.82) is 0 Å². The summed E-state index contributed by atoms with van der Waals surface area (Å²) in [6, 6.07) is 5.03. The molecule has 0 spiro atoms. The molecule has 0 bridgehead atoms. The third-order valence-electron chi connectivity index (χ3n) is 2.76. The van der Waals surface area contributed by atoms with Crippen LogP contribution in [0.4, 0.5) is 5.69 Å². The van der Waals surface area contributed by atoms with Crippen molar-refractivity contribution in [1.82, 2.24) is 0 Å². The van der Waals surface area contributed by atoms with Gasteiger partial charge in [-0.3, -0.25) is 4.79 Å². The molecule has 15 heavy (non-hydrogen) atoms. The van der Waals surface area contributed by atoms with Crippen LogP contribution in [-0.2, 0) is 0 Å². The largest absolute Gasteiger partial charge is 0.398 e. The van der Waals surface area contributed by atoms with Gasteiger partial charge in [0.05, 0.1) is 10.7 Å². The van der Waals surface area contributed by atoms with Crippen LogP contribution in [0, 0.1) is 5.41 Å². The van der Waals surface area contributed by atoms with E-state index in [9.17, 15) is 4.79 Å². The lowest BCUT2D eigenvalue weighted by Gasteiger charge is -2.21. The maximum Gasteiger partial charge on any atom is 0.168 e. The van der Waals surface area contributed by atoms with E-state index in [0.717, 1.165) is 6.42 Å². The average Bonchev–Trinajstić information content (AvgIpc) is 2.21. The van der Waals surface area contributed by atoms with Gasteiger partial charge in [-0.2, -0.15) is 0 Å². The number of nitrogen functional groups attached to an aromatic ring is 1. The molecular weight excluding hydrogens is 210 g/mol. The molecule has 2 N–H and O–H groups in total. The second-order valence-corrected chi connectivity index (χ2v) is 4.71. The highest BCUT2D eigenvalue weighted by molar-refractivity contribution is 6.33. The molecule has 0 radical (unpaired) electrons. The molecule has 0 saturated carbocycles. The normalized spacial score (nSPS) is 11.5. The lowest BCUT2D eigenvalue weighted by molar-refractivity contribution is 0.0833. The van der Waals surface area contributed by atoms with E-state index in [1.165, 1.54) is 0 Å². The molecule has 0 atom stereocenters. The summed E-state index contributed by atoms with van der Waals surface area (Å²) in [6.45, 7) is 5.86. The number of rotatable bonds is 3. The molecule has 1 rings (SSSR count). The summed E-state index contributed by atoms with van der Waals surface area (Å²) in [7, 11) is 0. The van der Waals surface area contributed by atoms with Gasteiger partial charge in [0.15, 0.2) is 5.78 Å². The number of anilines is 1. The van der Waals surface area contributed by atoms with Crippen molar-refractivity contribution in [3.63, 3.8) is 0 Å². The second-order valence-electron chi connectivity index (χ2n) is 4.30. The summed E-state index contributed by atoms with van der Waals surface area (Å²) in [4.78, 5) is 12.1. The summed E-state index contributed by atoms with van der Waals surface area (Å²) in [6.07, 6.45) is 0.799. The van der Waals surface area contributed by atoms with Crippen LogP contribution >= 0.6 is 11.6 Å². The van der Waals surface area contributed by atoms with Gasteiger partial charge in [-0.1, -0.05) is 32.4 Å². The van der Waals surface area contributed by atoms with Crippen molar-refractivity contribution in [2.45, 2.75) is 27.2 Å². The van der Waals surface area contributed by atoms with E-state index in [1.54, 1.807) is 18.2 Å². The van der Waals surface area contributed by atoms with Crippen molar-refractivity contribution in [3.05, 3.63) is 28.8 Å². The van der Waals surface area contributed by atoms with E-state index in [1.807, 2.05) is 20.8 Å². The Kier molecular flexibility index (Phi) is 3.40. The molecule has 2 nitrogen and oxygen atoms in total. The number of ketones is 1. The van der Waals surface area contributed by atoms with Crippen LogP contribution in [0.5, 0.6) is 0 Å². The summed E-state index contributed by atoms with van der Waals surface area (Å²) in [5, 5.41) is 0.438. The van der Waals surface area contributed by atoms with Gasteiger partial charge >= 0.3 is 0 Å². The number of hydrogen-bond donors (Lipinski definition) is 1. The van der Waals surface area contributed by atoms with Crippen molar-refractivity contribution >= 4 is 23.1 Å². The predicted molar refractivity (Wildman–Crippen MR) is 64.3 cm³/mol. The first kappa shape index (κ1) is 12.1. The summed E-state index contributed by atoms with van der Waals surface area (Å²) < 4.78 is 0. The van der Waals surface area contributed by atoms with Gasteiger partial charge in [-0.25, -0.2) is 0 Å². The van der Waals surface area contributed by atoms with Crippen LogP contribution in [0.25, 0.3) is 0 Å². The number of halogens is 1. The van der Waals surface area contributed by atoms with Gasteiger partial charge in [0.1, 0.15) is 0 Å². The monoisotopic (exact) mass is 225 g/mol. The summed E-state index contributed by atoms with van der Waals surface area (Å²) >= 11 is 5.87. The van der Waals surface area contributed by atoms with Crippen LogP contribution in [0.1, 0.15) is 37.6 Å². The molecule has 0 amide bonds. The first-order valence-corrected chi connectivity index (χ1v) is 5.36. The first-order chi connectivity index (χ1) is 6.88. The molecule has 1 aromatic carbocycles. The molecule has 0 aliphatic rings. The Balaban J connectivity index is 3.08. The van der Waals surface area contributed by atoms with Gasteiger partial charge in [0, 0.05) is 11.0 Å². The highest BCUT2D eigenvalue weighted by atomic mass is 35.5. The molecule has 1 aromatic rings. The molecule has 0 unspecified atom stereocenters. The molecular formula is C12H16ClNO. The fourth-order valence-corrected chi connectivity index (χ4v) is 1.40. The van der Waals surface area contributed by atoms with E-state index < -0.39 is 0 Å². The number of Topliss-reactive ketones (excluding diaryl/α,β-unsaturated/α-hetero) is 1. The zero-order valence-corrected chi connectivity index (χ0v) is 10.1. The Morgan fingerprint density at radius 3 is 2.53 bits per heavy atom. The maximum atomic E-state index is 12.1. The number of carbonyl (C=O) groups is 1. The van der Waals surface area contributed by atoms with Crippen LogP contribution < -0.4 is 5.73 Å². The third kappa shape index (κ3) is 2.51. The lowest BCUT2D eigenvalue weighted by atomic mass is 9.82. The van der Waals surface area contributed by atoms with Gasteiger partial charge in [0.25, 0.3) is 0 Å². The third-order valence-corrected chi connectivity index (χ3v) is 3.09. The summed E-state index contributed by atoms with van der Waals surface area (Å²) in [5.41, 5.74) is 6.37. The minimum Gasteiger partial charge on any atom is -0.398 e. The quantitative estimate of drug-likeness (QED) is 0.632. The van der Waals surface area contributed by atoms with Crippen molar-refractivity contribution in [2.24, 2.45) is 5.41 Å². The molecule has 3 heteroatoms. The Hall–Kier alpha value is -1.02. The zero-order chi connectivity index (χ0) is 11.6. The number of nitrogens with two attached hydrogens (primary N) is 1. The lowest BCUT2D eigenvalue weighted by Crippen LogP contribution is -2.23. The Morgan fingerprint density at radius 2 is 2.07 bits per heavy atom. The van der Waals surface area contributed by atoms with Crippen LogP contribution in [-0.4, -0.2) is 5.78 Å². The second kappa shape index (κ2) is 4.23. The maximum absolute atomic E-state index is 12.1. The Morgan fingerprint density at radius 1 is 1.47 bits per heavy atom. The predicted octanol–water partition coefficient (Wildman–Crippen LogP) is 3.54. The zero-order valence-electron chi connectivity index (χ0n) is 9.30. The van der Waals surface area contributed by atoms with Gasteiger partial charge in [-0.15, -0.1) is 0 Å². The van der Waals surface area contributed by atoms with Crippen LogP contribution in [0.2, 0.25) is 5.02 Å². The molecule has 0 aliphatic carbocycles. The molecule has 0 aromatic heterocycles. The Labute approximate surface area is 95.4 Å². The first-order valence-electron chi connectivity index (χ1n) is 4.98. The molecule has 0 aliphatic heterocycles. The average molecular weight is 226 g/mol. The van der Waals surface area contributed by atoms with Gasteiger partial charge < -0.3 is 5.73 Å². The van der Waals surface area contributed by atoms with E-state index in [4.69, 9.17) is 17.3 Å².